The number of methoxy groups -OCH3 is 1. The van der Waals surface area contributed by atoms with Crippen molar-refractivity contribution in [3.63, 3.8) is 0 Å². The number of carbonyl (C=O) groups is 1. The first-order valence-corrected chi connectivity index (χ1v) is 11.2. The van der Waals surface area contributed by atoms with Crippen LogP contribution in [0.15, 0.2) is 66.7 Å². The van der Waals surface area contributed by atoms with Crippen LogP contribution in [0.4, 0.5) is 0 Å². The van der Waals surface area contributed by atoms with Gasteiger partial charge in [-0.25, -0.2) is 0 Å². The van der Waals surface area contributed by atoms with Crippen LogP contribution in [0.25, 0.3) is 10.8 Å². The van der Waals surface area contributed by atoms with E-state index in [0.717, 1.165) is 62.1 Å². The van der Waals surface area contributed by atoms with Crippen molar-refractivity contribution in [1.29, 1.82) is 0 Å². The van der Waals surface area contributed by atoms with Gasteiger partial charge in [-0.3, -0.25) is 4.79 Å². The fourth-order valence-corrected chi connectivity index (χ4v) is 4.39. The molecule has 0 aliphatic carbocycles. The molecule has 1 aliphatic rings. The Kier molecular flexibility index (Phi) is 6.88. The number of piperidine rings is 1. The number of hydrogen-bond donors (Lipinski definition) is 0. The quantitative estimate of drug-likeness (QED) is 0.551. The summed E-state index contributed by atoms with van der Waals surface area (Å²) in [5.41, 5.74) is 2.00. The Balaban J connectivity index is 1.51. The van der Waals surface area contributed by atoms with E-state index in [2.05, 4.69) is 47.2 Å². The number of likely N-dealkylation sites (tertiary alicyclic amines) is 1. The minimum Gasteiger partial charge on any atom is -0.497 e. The second-order valence-electron chi connectivity index (χ2n) is 8.66. The number of nitrogens with zero attached hydrogens (tertiary/aromatic N) is 2. The summed E-state index contributed by atoms with van der Waals surface area (Å²) in [7, 11) is 3.86. The molecule has 1 saturated heterocycles. The van der Waals surface area contributed by atoms with Crippen molar-refractivity contribution < 1.29 is 9.53 Å². The number of fused-ring (bicyclic) bond motifs is 1. The highest BCUT2D eigenvalue weighted by molar-refractivity contribution is 5.98. The molecule has 31 heavy (non-hydrogen) atoms. The van der Waals surface area contributed by atoms with E-state index in [4.69, 9.17) is 4.74 Å². The van der Waals surface area contributed by atoms with Crippen LogP contribution in [0.1, 0.15) is 28.8 Å². The number of benzene rings is 3. The maximum Gasteiger partial charge on any atom is 0.253 e. The van der Waals surface area contributed by atoms with Crippen LogP contribution in [0.2, 0.25) is 0 Å². The molecule has 1 fully saturated rings. The summed E-state index contributed by atoms with van der Waals surface area (Å²) >= 11 is 0. The van der Waals surface area contributed by atoms with Crippen LogP contribution in [0.5, 0.6) is 5.75 Å². The largest absolute Gasteiger partial charge is 0.497 e. The standard InChI is InChI=1S/C27H32N2O2/c1-28-16-13-22(14-17-28)20-29(18-15-21-7-11-26(31-2)12-8-21)27(30)25-10-9-23-5-3-4-6-24(23)19-25/h3-12,19,22H,13-18,20H2,1-2H3. The lowest BCUT2D eigenvalue weighted by Gasteiger charge is -2.33. The molecular weight excluding hydrogens is 384 g/mol. The molecule has 0 radical (unpaired) electrons. The molecule has 4 rings (SSSR count). The predicted octanol–water partition coefficient (Wildman–Crippen LogP) is 4.88. The summed E-state index contributed by atoms with van der Waals surface area (Å²) in [6.07, 6.45) is 3.15. The zero-order chi connectivity index (χ0) is 21.6. The molecule has 0 unspecified atom stereocenters. The normalized spacial score (nSPS) is 15.2. The molecular formula is C27H32N2O2. The van der Waals surface area contributed by atoms with Crippen molar-refractivity contribution in [2.45, 2.75) is 19.3 Å². The lowest BCUT2D eigenvalue weighted by molar-refractivity contribution is 0.0700. The first kappa shape index (κ1) is 21.4. The Labute approximate surface area is 185 Å². The Bertz CT molecular complexity index is 1010. The summed E-state index contributed by atoms with van der Waals surface area (Å²) in [4.78, 5) is 18.0. The van der Waals surface area contributed by atoms with Crippen molar-refractivity contribution in [3.8, 4) is 5.75 Å². The van der Waals surface area contributed by atoms with E-state index in [1.165, 1.54) is 10.9 Å². The van der Waals surface area contributed by atoms with Crippen molar-refractivity contribution in [2.75, 3.05) is 40.3 Å². The maximum atomic E-state index is 13.5. The number of ether oxygens (including phenoxy) is 1. The Morgan fingerprint density at radius 1 is 1.00 bits per heavy atom. The fourth-order valence-electron chi connectivity index (χ4n) is 4.39. The number of carbonyl (C=O) groups excluding carboxylic acids is 1. The monoisotopic (exact) mass is 416 g/mol. The van der Waals surface area contributed by atoms with Crippen LogP contribution in [-0.2, 0) is 6.42 Å². The van der Waals surface area contributed by atoms with Crippen LogP contribution in [0.3, 0.4) is 0 Å². The zero-order valence-electron chi connectivity index (χ0n) is 18.6. The average Bonchev–Trinajstić information content (AvgIpc) is 2.82. The summed E-state index contributed by atoms with van der Waals surface area (Å²) in [5, 5.41) is 2.28. The molecule has 3 aromatic carbocycles. The minimum absolute atomic E-state index is 0.137. The summed E-state index contributed by atoms with van der Waals surface area (Å²) in [6, 6.07) is 22.4. The van der Waals surface area contributed by atoms with Gasteiger partial charge in [-0.05, 0) is 85.9 Å². The van der Waals surface area contributed by atoms with E-state index in [1.807, 2.05) is 36.4 Å². The highest BCUT2D eigenvalue weighted by atomic mass is 16.5. The molecule has 0 N–H and O–H groups in total. The van der Waals surface area contributed by atoms with E-state index in [-0.39, 0.29) is 5.91 Å². The van der Waals surface area contributed by atoms with E-state index in [1.54, 1.807) is 7.11 Å². The molecule has 3 aromatic rings. The maximum absolute atomic E-state index is 13.5. The Morgan fingerprint density at radius 3 is 2.42 bits per heavy atom. The Morgan fingerprint density at radius 2 is 1.71 bits per heavy atom. The van der Waals surface area contributed by atoms with E-state index in [0.29, 0.717) is 5.92 Å². The van der Waals surface area contributed by atoms with Gasteiger partial charge in [-0.2, -0.15) is 0 Å². The topological polar surface area (TPSA) is 32.8 Å². The van der Waals surface area contributed by atoms with Crippen LogP contribution < -0.4 is 4.74 Å². The Hall–Kier alpha value is -2.85. The SMILES string of the molecule is COc1ccc(CCN(CC2CCN(C)CC2)C(=O)c2ccc3ccccc3c2)cc1. The molecule has 0 atom stereocenters. The summed E-state index contributed by atoms with van der Waals surface area (Å²) in [5.74, 6) is 1.56. The predicted molar refractivity (Wildman–Crippen MR) is 127 cm³/mol. The van der Waals surface area contributed by atoms with Gasteiger partial charge in [0.1, 0.15) is 5.75 Å². The third-order valence-corrected chi connectivity index (χ3v) is 6.43. The van der Waals surface area contributed by atoms with E-state index < -0.39 is 0 Å². The van der Waals surface area contributed by atoms with Gasteiger partial charge in [0.05, 0.1) is 7.11 Å². The van der Waals surface area contributed by atoms with Gasteiger partial charge in [-0.1, -0.05) is 42.5 Å². The number of rotatable bonds is 7. The van der Waals surface area contributed by atoms with Gasteiger partial charge in [0.15, 0.2) is 0 Å². The lowest BCUT2D eigenvalue weighted by atomic mass is 9.96. The van der Waals surface area contributed by atoms with E-state index in [9.17, 15) is 4.79 Å². The molecule has 0 bridgehead atoms. The van der Waals surface area contributed by atoms with Crippen molar-refractivity contribution in [3.05, 3.63) is 77.9 Å². The van der Waals surface area contributed by atoms with Gasteiger partial charge in [0.2, 0.25) is 0 Å². The van der Waals surface area contributed by atoms with Crippen LogP contribution in [-0.4, -0.2) is 56.0 Å². The third kappa shape index (κ3) is 5.45. The molecule has 0 aromatic heterocycles. The van der Waals surface area contributed by atoms with Crippen LogP contribution >= 0.6 is 0 Å². The zero-order valence-corrected chi connectivity index (χ0v) is 18.6. The van der Waals surface area contributed by atoms with Crippen LogP contribution in [0, 0.1) is 5.92 Å². The van der Waals surface area contributed by atoms with Crippen molar-refractivity contribution in [2.24, 2.45) is 5.92 Å². The van der Waals surface area contributed by atoms with Crippen molar-refractivity contribution in [1.82, 2.24) is 9.80 Å². The second kappa shape index (κ2) is 9.97. The van der Waals surface area contributed by atoms with Gasteiger partial charge in [0.25, 0.3) is 5.91 Å². The molecule has 1 aliphatic heterocycles. The van der Waals surface area contributed by atoms with Gasteiger partial charge in [-0.15, -0.1) is 0 Å². The first-order valence-electron chi connectivity index (χ1n) is 11.2. The fraction of sp³-hybridized carbons (Fsp3) is 0.370. The molecule has 1 heterocycles. The van der Waals surface area contributed by atoms with Gasteiger partial charge >= 0.3 is 0 Å². The smallest absolute Gasteiger partial charge is 0.253 e. The van der Waals surface area contributed by atoms with Gasteiger partial charge in [0, 0.05) is 18.7 Å². The number of hydrogen-bond acceptors (Lipinski definition) is 3. The molecule has 0 spiro atoms. The first-order chi connectivity index (χ1) is 15.1. The molecule has 1 amide bonds. The summed E-state index contributed by atoms with van der Waals surface area (Å²) in [6.45, 7) is 3.78. The average molecular weight is 417 g/mol. The minimum atomic E-state index is 0.137. The van der Waals surface area contributed by atoms with Crippen molar-refractivity contribution >= 4 is 16.7 Å². The molecule has 4 heteroatoms. The number of amides is 1. The highest BCUT2D eigenvalue weighted by Crippen LogP contribution is 2.21. The van der Waals surface area contributed by atoms with E-state index >= 15 is 0 Å². The highest BCUT2D eigenvalue weighted by Gasteiger charge is 2.23. The van der Waals surface area contributed by atoms with Gasteiger partial charge < -0.3 is 14.5 Å². The lowest BCUT2D eigenvalue weighted by Crippen LogP contribution is -2.40. The molecule has 4 nitrogen and oxygen atoms in total. The molecule has 162 valence electrons. The second-order valence-corrected chi connectivity index (χ2v) is 8.66. The summed E-state index contributed by atoms with van der Waals surface area (Å²) < 4.78 is 5.27. The molecule has 0 saturated carbocycles. The third-order valence-electron chi connectivity index (χ3n) is 6.43.